The zero-order chi connectivity index (χ0) is 23.4. The Labute approximate surface area is 207 Å². The fourth-order valence-electron chi connectivity index (χ4n) is 6.12. The molecule has 6 bridgehead atoms. The third-order valence-electron chi connectivity index (χ3n) is 7.80. The highest BCUT2D eigenvalue weighted by atomic mass is 15.0. The number of nitrogens with zero attached hydrogens (tertiary/aromatic N) is 1. The first-order chi connectivity index (χ1) is 17.3. The summed E-state index contributed by atoms with van der Waals surface area (Å²) in [7, 11) is 0. The van der Waals surface area contributed by atoms with Crippen molar-refractivity contribution < 1.29 is 0 Å². The molecule has 170 valence electrons. The molecule has 35 heavy (non-hydrogen) atoms. The molecule has 0 spiro atoms. The maximum Gasteiger partial charge on any atom is 0.0577 e. The van der Waals surface area contributed by atoms with Gasteiger partial charge < -0.3 is 4.57 Å². The summed E-state index contributed by atoms with van der Waals surface area (Å²) in [6.45, 7) is 3.34. The predicted octanol–water partition coefficient (Wildman–Crippen LogP) is 9.68. The highest BCUT2D eigenvalue weighted by molar-refractivity contribution is 6.19. The first-order valence-corrected chi connectivity index (χ1v) is 13.0. The molecule has 0 unspecified atom stereocenters. The second-order valence-electron chi connectivity index (χ2n) is 9.94. The quantitative estimate of drug-likeness (QED) is 0.230. The zero-order valence-electron chi connectivity index (χ0n) is 20.2. The molecule has 2 heterocycles. The van der Waals surface area contributed by atoms with Crippen LogP contribution in [0.2, 0.25) is 0 Å². The van der Waals surface area contributed by atoms with Crippen molar-refractivity contribution in [2.24, 2.45) is 0 Å². The van der Waals surface area contributed by atoms with Crippen LogP contribution in [0.1, 0.15) is 54.9 Å². The van der Waals surface area contributed by atoms with Gasteiger partial charge in [0.05, 0.1) is 5.52 Å². The Hall–Kier alpha value is -3.84. The molecule has 2 aliphatic rings. The molecule has 5 aromatic rings. The minimum Gasteiger partial charge on any atom is -0.340 e. The van der Waals surface area contributed by atoms with Crippen LogP contribution < -0.4 is 0 Å². The molecule has 0 N–H and O–H groups in total. The molecule has 1 aliphatic heterocycles. The van der Waals surface area contributed by atoms with Gasteiger partial charge in [-0.1, -0.05) is 111 Å². The monoisotopic (exact) mass is 451 g/mol. The minimum absolute atomic E-state index is 1.05. The van der Waals surface area contributed by atoms with Gasteiger partial charge in [0, 0.05) is 28.4 Å². The van der Waals surface area contributed by atoms with Crippen LogP contribution in [0.15, 0.2) is 72.8 Å². The van der Waals surface area contributed by atoms with Crippen LogP contribution in [0.5, 0.6) is 0 Å². The van der Waals surface area contributed by atoms with Crippen molar-refractivity contribution in [2.45, 2.75) is 39.2 Å². The van der Waals surface area contributed by atoms with E-state index in [9.17, 15) is 0 Å². The van der Waals surface area contributed by atoms with Gasteiger partial charge >= 0.3 is 0 Å². The van der Waals surface area contributed by atoms with Gasteiger partial charge in [0.25, 0.3) is 0 Å². The predicted molar refractivity (Wildman–Crippen MR) is 152 cm³/mol. The molecule has 0 saturated heterocycles. The van der Waals surface area contributed by atoms with E-state index in [0.717, 1.165) is 6.54 Å². The Balaban J connectivity index is 1.68. The number of hydrogen-bond acceptors (Lipinski definition) is 0. The standard InChI is InChI=1S/C34H29N/c1-2-3-4-9-20-35-31-21-23-14-16-24-10-5-7-12-27(24)32-26-18-17-25-11-6-8-13-28(25)33(32)34(35)30(22-26)29(31)19-15-23/h5-8,10-19,21-22H,2-4,9,20H2,1H3. The molecule has 0 fully saturated rings. The molecule has 1 aromatic heterocycles. The van der Waals surface area contributed by atoms with Crippen molar-refractivity contribution in [1.29, 1.82) is 0 Å². The Kier molecular flexibility index (Phi) is 4.77. The third-order valence-corrected chi connectivity index (χ3v) is 7.80. The van der Waals surface area contributed by atoms with Gasteiger partial charge in [-0.2, -0.15) is 0 Å². The summed E-state index contributed by atoms with van der Waals surface area (Å²) in [5, 5.41) is 2.74. The maximum absolute atomic E-state index is 2.64. The number of hydrogen-bond donors (Lipinski definition) is 0. The molecule has 1 aliphatic carbocycles. The number of rotatable bonds is 5. The molecule has 1 nitrogen and oxygen atoms in total. The summed E-state index contributed by atoms with van der Waals surface area (Å²) < 4.78 is 2.64. The maximum atomic E-state index is 2.64. The van der Waals surface area contributed by atoms with E-state index in [2.05, 4.69) is 109 Å². The fourth-order valence-corrected chi connectivity index (χ4v) is 6.12. The molecule has 0 atom stereocenters. The molecule has 4 aromatic carbocycles. The minimum atomic E-state index is 1.05. The number of unbranched alkanes of at least 4 members (excludes halogenated alkanes) is 3. The first-order valence-electron chi connectivity index (χ1n) is 13.0. The van der Waals surface area contributed by atoms with Crippen molar-refractivity contribution in [2.75, 3.05) is 0 Å². The van der Waals surface area contributed by atoms with Gasteiger partial charge in [-0.3, -0.25) is 0 Å². The number of fused-ring (bicyclic) bond motifs is 4. The van der Waals surface area contributed by atoms with Crippen LogP contribution in [0.3, 0.4) is 0 Å². The van der Waals surface area contributed by atoms with Crippen molar-refractivity contribution in [3.63, 3.8) is 0 Å². The molecule has 7 rings (SSSR count). The molecular formula is C34H29N. The van der Waals surface area contributed by atoms with E-state index in [-0.39, 0.29) is 0 Å². The van der Waals surface area contributed by atoms with E-state index in [1.54, 1.807) is 0 Å². The highest BCUT2D eigenvalue weighted by Crippen LogP contribution is 2.48. The summed E-state index contributed by atoms with van der Waals surface area (Å²) in [5.41, 5.74) is 13.3. The van der Waals surface area contributed by atoms with E-state index >= 15 is 0 Å². The van der Waals surface area contributed by atoms with Crippen molar-refractivity contribution in [3.8, 4) is 22.3 Å². The van der Waals surface area contributed by atoms with Gasteiger partial charge in [0.15, 0.2) is 0 Å². The third kappa shape index (κ3) is 3.15. The van der Waals surface area contributed by atoms with E-state index in [1.807, 2.05) is 0 Å². The van der Waals surface area contributed by atoms with Gasteiger partial charge in [-0.25, -0.2) is 0 Å². The van der Waals surface area contributed by atoms with Crippen LogP contribution >= 0.6 is 0 Å². The lowest BCUT2D eigenvalue weighted by molar-refractivity contribution is 0.602. The zero-order valence-corrected chi connectivity index (χ0v) is 20.2. The summed E-state index contributed by atoms with van der Waals surface area (Å²) in [4.78, 5) is 0. The summed E-state index contributed by atoms with van der Waals surface area (Å²) in [5.74, 6) is 0. The summed E-state index contributed by atoms with van der Waals surface area (Å²) >= 11 is 0. The van der Waals surface area contributed by atoms with Crippen LogP contribution in [0, 0.1) is 0 Å². The number of benzene rings is 4. The molecular weight excluding hydrogens is 422 g/mol. The van der Waals surface area contributed by atoms with Crippen molar-refractivity contribution in [3.05, 3.63) is 95.1 Å². The molecule has 1 heteroatoms. The smallest absolute Gasteiger partial charge is 0.0577 e. The molecule has 0 radical (unpaired) electrons. The van der Waals surface area contributed by atoms with E-state index < -0.39 is 0 Å². The van der Waals surface area contributed by atoms with Gasteiger partial charge in [-0.15, -0.1) is 0 Å². The van der Waals surface area contributed by atoms with Gasteiger partial charge in [-0.05, 0) is 57.5 Å². The number of aromatic nitrogens is 1. The van der Waals surface area contributed by atoms with Crippen molar-refractivity contribution in [1.82, 2.24) is 4.57 Å². The normalized spacial score (nSPS) is 13.1. The second kappa shape index (κ2) is 8.13. The Morgan fingerprint density at radius 3 is 2.11 bits per heavy atom. The Morgan fingerprint density at radius 2 is 1.31 bits per heavy atom. The largest absolute Gasteiger partial charge is 0.340 e. The Bertz CT molecular complexity index is 1670. The topological polar surface area (TPSA) is 4.93 Å². The lowest BCUT2D eigenvalue weighted by Crippen LogP contribution is -2.01. The van der Waals surface area contributed by atoms with Crippen molar-refractivity contribution >= 4 is 46.1 Å². The lowest BCUT2D eigenvalue weighted by atomic mass is 9.86. The fraction of sp³-hybridized carbons (Fsp3) is 0.176. The van der Waals surface area contributed by atoms with Crippen LogP contribution in [0.25, 0.3) is 68.4 Å². The van der Waals surface area contributed by atoms with Crippen LogP contribution in [-0.2, 0) is 6.54 Å². The first kappa shape index (κ1) is 20.5. The molecule has 0 amide bonds. The van der Waals surface area contributed by atoms with E-state index in [0.29, 0.717) is 0 Å². The van der Waals surface area contributed by atoms with Crippen LogP contribution in [0.4, 0.5) is 0 Å². The Morgan fingerprint density at radius 1 is 0.600 bits per heavy atom. The average molecular weight is 452 g/mol. The van der Waals surface area contributed by atoms with Crippen LogP contribution in [-0.4, -0.2) is 4.57 Å². The SMILES string of the molecule is CCCCCCn1c2cc3ccc2c2cc4c(c(c21)-c1ccccc1C=C4)-c1ccccc1C=C3. The summed E-state index contributed by atoms with van der Waals surface area (Å²) in [6.07, 6.45) is 14.2. The highest BCUT2D eigenvalue weighted by Gasteiger charge is 2.25. The lowest BCUT2D eigenvalue weighted by Gasteiger charge is -2.19. The average Bonchev–Trinajstić information content (AvgIpc) is 3.13. The summed E-state index contributed by atoms with van der Waals surface area (Å²) in [6, 6.07) is 27.3. The van der Waals surface area contributed by atoms with Gasteiger partial charge in [0.1, 0.15) is 0 Å². The number of aryl methyl sites for hydroxylation is 1. The second-order valence-corrected chi connectivity index (χ2v) is 9.94. The molecule has 0 saturated carbocycles. The van der Waals surface area contributed by atoms with E-state index in [1.165, 1.54) is 92.0 Å². The van der Waals surface area contributed by atoms with Gasteiger partial charge in [0.2, 0.25) is 0 Å². The van der Waals surface area contributed by atoms with E-state index in [4.69, 9.17) is 0 Å².